The van der Waals surface area contributed by atoms with E-state index in [1.807, 2.05) is 84.9 Å². The first-order valence-corrected chi connectivity index (χ1v) is 8.29. The Labute approximate surface area is 150 Å². The van der Waals surface area contributed by atoms with Gasteiger partial charge in [-0.25, -0.2) is 9.36 Å². The summed E-state index contributed by atoms with van der Waals surface area (Å²) in [4.78, 5) is 12.8. The van der Waals surface area contributed by atoms with Crippen LogP contribution in [0.5, 0.6) is 5.75 Å². The Morgan fingerprint density at radius 2 is 1.46 bits per heavy atom. The first kappa shape index (κ1) is 16.0. The lowest BCUT2D eigenvalue weighted by atomic mass is 10.1. The number of hydrogen-bond acceptors (Lipinski definition) is 3. The second-order valence-electron chi connectivity index (χ2n) is 5.81. The molecule has 1 heterocycles. The number of hydrogen-bond donors (Lipinski definition) is 0. The van der Waals surface area contributed by atoms with Crippen LogP contribution in [0.3, 0.4) is 0 Å². The zero-order chi connectivity index (χ0) is 17.9. The fourth-order valence-electron chi connectivity index (χ4n) is 3.00. The monoisotopic (exact) mass is 343 g/mol. The third-order valence-corrected chi connectivity index (χ3v) is 4.21. The van der Waals surface area contributed by atoms with Gasteiger partial charge in [0.25, 0.3) is 0 Å². The molecule has 0 radical (unpaired) electrons. The summed E-state index contributed by atoms with van der Waals surface area (Å²) in [5.41, 5.74) is 3.17. The number of aromatic nitrogens is 1. The second-order valence-corrected chi connectivity index (χ2v) is 5.81. The minimum Gasteiger partial charge on any atom is -0.497 e. The van der Waals surface area contributed by atoms with Gasteiger partial charge in [0.15, 0.2) is 5.76 Å². The van der Waals surface area contributed by atoms with Crippen molar-refractivity contribution in [2.45, 2.75) is 0 Å². The first-order valence-electron chi connectivity index (χ1n) is 8.29. The van der Waals surface area contributed by atoms with Crippen LogP contribution in [0, 0.1) is 0 Å². The zero-order valence-electron chi connectivity index (χ0n) is 14.3. The molecule has 4 aromatic rings. The van der Waals surface area contributed by atoms with Gasteiger partial charge in [-0.3, -0.25) is 0 Å². The third kappa shape index (κ3) is 2.82. The number of oxazole rings is 1. The molecule has 0 aliphatic heterocycles. The second kappa shape index (κ2) is 6.76. The summed E-state index contributed by atoms with van der Waals surface area (Å²) >= 11 is 0. The van der Waals surface area contributed by atoms with Crippen LogP contribution < -0.4 is 10.5 Å². The molecule has 0 spiro atoms. The van der Waals surface area contributed by atoms with Crippen molar-refractivity contribution in [2.75, 3.05) is 7.11 Å². The van der Waals surface area contributed by atoms with E-state index in [9.17, 15) is 4.79 Å². The van der Waals surface area contributed by atoms with E-state index in [-0.39, 0.29) is 0 Å². The Morgan fingerprint density at radius 3 is 2.12 bits per heavy atom. The van der Waals surface area contributed by atoms with Gasteiger partial charge in [-0.05, 0) is 12.1 Å². The summed E-state index contributed by atoms with van der Waals surface area (Å²) in [6.07, 6.45) is 0. The van der Waals surface area contributed by atoms with E-state index in [1.165, 1.54) is 0 Å². The van der Waals surface area contributed by atoms with Gasteiger partial charge >= 0.3 is 5.76 Å². The lowest BCUT2D eigenvalue weighted by Crippen LogP contribution is -2.13. The summed E-state index contributed by atoms with van der Waals surface area (Å²) in [6.45, 7) is 0. The van der Waals surface area contributed by atoms with Crippen molar-refractivity contribution < 1.29 is 9.15 Å². The highest BCUT2D eigenvalue weighted by atomic mass is 16.5. The molecule has 0 saturated carbocycles. The van der Waals surface area contributed by atoms with Crippen LogP contribution in [-0.2, 0) is 0 Å². The predicted molar refractivity (Wildman–Crippen MR) is 102 cm³/mol. The molecule has 4 rings (SSSR count). The fourth-order valence-corrected chi connectivity index (χ4v) is 3.00. The van der Waals surface area contributed by atoms with Crippen LogP contribution in [0.4, 0.5) is 0 Å². The van der Waals surface area contributed by atoms with E-state index in [0.29, 0.717) is 17.2 Å². The SMILES string of the molecule is COc1cccc(-n2c(-c3ccccc3)c(-c3ccccc3)oc2=O)c1. The van der Waals surface area contributed by atoms with Crippen LogP contribution in [0.25, 0.3) is 28.3 Å². The van der Waals surface area contributed by atoms with Crippen LogP contribution in [0.2, 0.25) is 0 Å². The molecule has 1 aromatic heterocycles. The highest BCUT2D eigenvalue weighted by Crippen LogP contribution is 2.33. The van der Waals surface area contributed by atoms with Gasteiger partial charge in [0, 0.05) is 17.2 Å². The molecule has 0 unspecified atom stereocenters. The van der Waals surface area contributed by atoms with Crippen LogP contribution in [0.15, 0.2) is 94.1 Å². The number of ether oxygens (including phenoxy) is 1. The van der Waals surface area contributed by atoms with Crippen LogP contribution in [-0.4, -0.2) is 11.7 Å². The molecular weight excluding hydrogens is 326 g/mol. The lowest BCUT2D eigenvalue weighted by Gasteiger charge is -2.10. The molecule has 0 N–H and O–H groups in total. The van der Waals surface area contributed by atoms with E-state index in [4.69, 9.17) is 9.15 Å². The van der Waals surface area contributed by atoms with Crippen molar-refractivity contribution in [3.8, 4) is 34.0 Å². The van der Waals surface area contributed by atoms with Crippen molar-refractivity contribution in [1.82, 2.24) is 4.57 Å². The van der Waals surface area contributed by atoms with E-state index in [0.717, 1.165) is 16.8 Å². The van der Waals surface area contributed by atoms with E-state index < -0.39 is 5.76 Å². The number of rotatable bonds is 4. The van der Waals surface area contributed by atoms with Crippen LogP contribution >= 0.6 is 0 Å². The first-order chi connectivity index (χ1) is 12.8. The minimum atomic E-state index is -0.434. The van der Waals surface area contributed by atoms with Crippen LogP contribution in [0.1, 0.15) is 0 Å². The third-order valence-electron chi connectivity index (χ3n) is 4.21. The quantitative estimate of drug-likeness (QED) is 0.536. The number of methoxy groups -OCH3 is 1. The number of nitrogens with zero attached hydrogens (tertiary/aromatic N) is 1. The summed E-state index contributed by atoms with van der Waals surface area (Å²) < 4.78 is 12.6. The minimum absolute atomic E-state index is 0.434. The van der Waals surface area contributed by atoms with Crippen molar-refractivity contribution >= 4 is 0 Å². The van der Waals surface area contributed by atoms with Gasteiger partial charge in [0.2, 0.25) is 0 Å². The van der Waals surface area contributed by atoms with Gasteiger partial charge in [0.1, 0.15) is 11.4 Å². The maximum absolute atomic E-state index is 12.8. The lowest BCUT2D eigenvalue weighted by molar-refractivity contribution is 0.414. The average molecular weight is 343 g/mol. The Balaban J connectivity index is 2.03. The van der Waals surface area contributed by atoms with Crippen molar-refractivity contribution in [3.63, 3.8) is 0 Å². The van der Waals surface area contributed by atoms with Gasteiger partial charge in [-0.15, -0.1) is 0 Å². The van der Waals surface area contributed by atoms with Gasteiger partial charge in [-0.1, -0.05) is 66.7 Å². The van der Waals surface area contributed by atoms with Gasteiger partial charge in [0.05, 0.1) is 12.8 Å². The molecule has 4 nitrogen and oxygen atoms in total. The molecule has 0 fully saturated rings. The Hall–Kier alpha value is -3.53. The van der Waals surface area contributed by atoms with Crippen molar-refractivity contribution in [2.24, 2.45) is 0 Å². The smallest absolute Gasteiger partial charge is 0.424 e. The highest BCUT2D eigenvalue weighted by molar-refractivity contribution is 5.78. The molecule has 0 aliphatic carbocycles. The Bertz CT molecular complexity index is 1080. The standard InChI is InChI=1S/C22H17NO3/c1-25-19-14-8-13-18(15-19)23-20(16-9-4-2-5-10-16)21(26-22(23)24)17-11-6-3-7-12-17/h2-15H,1H3. The normalized spacial score (nSPS) is 10.7. The van der Waals surface area contributed by atoms with E-state index in [1.54, 1.807) is 11.7 Å². The zero-order valence-corrected chi connectivity index (χ0v) is 14.3. The number of benzene rings is 3. The van der Waals surface area contributed by atoms with E-state index >= 15 is 0 Å². The largest absolute Gasteiger partial charge is 0.497 e. The van der Waals surface area contributed by atoms with E-state index in [2.05, 4.69) is 0 Å². The molecule has 3 aromatic carbocycles. The maximum atomic E-state index is 12.8. The predicted octanol–water partition coefficient (Wildman–Crippen LogP) is 4.77. The van der Waals surface area contributed by atoms with Crippen molar-refractivity contribution in [3.05, 3.63) is 95.5 Å². The summed E-state index contributed by atoms with van der Waals surface area (Å²) in [5.74, 6) is 0.788. The average Bonchev–Trinajstić information content (AvgIpc) is 3.06. The van der Waals surface area contributed by atoms with Crippen molar-refractivity contribution in [1.29, 1.82) is 0 Å². The van der Waals surface area contributed by atoms with Gasteiger partial charge in [-0.2, -0.15) is 0 Å². The maximum Gasteiger partial charge on any atom is 0.424 e. The fraction of sp³-hybridized carbons (Fsp3) is 0.0455. The summed E-state index contributed by atoms with van der Waals surface area (Å²) in [6, 6.07) is 26.8. The summed E-state index contributed by atoms with van der Waals surface area (Å²) in [5, 5.41) is 0. The molecule has 0 amide bonds. The molecule has 0 aliphatic rings. The Kier molecular flexibility index (Phi) is 4.15. The molecule has 0 saturated heterocycles. The molecule has 26 heavy (non-hydrogen) atoms. The topological polar surface area (TPSA) is 44.4 Å². The highest BCUT2D eigenvalue weighted by Gasteiger charge is 2.21. The molecule has 4 heteroatoms. The Morgan fingerprint density at radius 1 is 0.808 bits per heavy atom. The summed E-state index contributed by atoms with van der Waals surface area (Å²) in [7, 11) is 1.60. The molecule has 128 valence electrons. The molecular formula is C22H17NO3. The molecule has 0 atom stereocenters. The molecule has 0 bridgehead atoms. The van der Waals surface area contributed by atoms with Gasteiger partial charge < -0.3 is 9.15 Å².